The van der Waals surface area contributed by atoms with E-state index in [1.54, 1.807) is 5.57 Å². The van der Waals surface area contributed by atoms with E-state index >= 15 is 0 Å². The number of rotatable bonds is 7. The standard InChI is InChI=1S/C26H41NO3/c1-18-20(16-22(27-30)17-24(18)28)11-10-19-8-7-15-26(4)21(12-13-23(19)26)9-5-6-14-25(2,3)29/h10-11,21-24,28-29H,1,5-9,12-17H2,2-4H3/b19-10+,20-11-/t21-,22+,23-,24?,26?/m0/s1. The maximum atomic E-state index is 11.0. The molecule has 2 N–H and O–H groups in total. The summed E-state index contributed by atoms with van der Waals surface area (Å²) in [5, 5.41) is 23.3. The normalized spacial score (nSPS) is 37.6. The Labute approximate surface area is 182 Å². The van der Waals surface area contributed by atoms with Crippen molar-refractivity contribution >= 4 is 0 Å². The molecular formula is C26H41NO3. The van der Waals surface area contributed by atoms with Gasteiger partial charge in [-0.1, -0.05) is 49.2 Å². The first-order valence-corrected chi connectivity index (χ1v) is 12.0. The van der Waals surface area contributed by atoms with E-state index in [1.807, 2.05) is 13.8 Å². The van der Waals surface area contributed by atoms with E-state index in [0.29, 0.717) is 24.2 Å². The SMILES string of the molecule is C=C1/C(=C\C=C2/CCCC3(C)[C@@H](CCCCC(C)(C)O)CC[C@@H]23)C[C@@H](N=O)CC1O. The molecule has 3 rings (SSSR count). The summed E-state index contributed by atoms with van der Waals surface area (Å²) in [4.78, 5) is 11.0. The molecule has 4 heteroatoms. The van der Waals surface area contributed by atoms with Gasteiger partial charge in [0.1, 0.15) is 0 Å². The molecule has 0 bridgehead atoms. The highest BCUT2D eigenvalue weighted by Crippen LogP contribution is 2.58. The Balaban J connectivity index is 1.67. The summed E-state index contributed by atoms with van der Waals surface area (Å²) in [6.07, 6.45) is 15.5. The third-order valence-corrected chi connectivity index (χ3v) is 8.17. The zero-order valence-electron chi connectivity index (χ0n) is 19.2. The van der Waals surface area contributed by atoms with Crippen molar-refractivity contribution in [2.45, 2.75) is 109 Å². The van der Waals surface area contributed by atoms with Crippen LogP contribution in [-0.4, -0.2) is 28.0 Å². The summed E-state index contributed by atoms with van der Waals surface area (Å²) in [5.74, 6) is 1.42. The molecule has 30 heavy (non-hydrogen) atoms. The number of hydrogen-bond donors (Lipinski definition) is 2. The number of nitrogens with zero attached hydrogens (tertiary/aromatic N) is 1. The molecule has 0 aliphatic heterocycles. The van der Waals surface area contributed by atoms with Crippen LogP contribution in [0.4, 0.5) is 0 Å². The Hall–Kier alpha value is -1.26. The third-order valence-electron chi connectivity index (χ3n) is 8.17. The Morgan fingerprint density at radius 1 is 1.27 bits per heavy atom. The van der Waals surface area contributed by atoms with E-state index in [4.69, 9.17) is 0 Å². The van der Waals surface area contributed by atoms with Crippen LogP contribution in [0.25, 0.3) is 0 Å². The molecule has 3 aliphatic rings. The molecule has 0 aromatic carbocycles. The van der Waals surface area contributed by atoms with E-state index in [2.05, 4.69) is 30.8 Å². The van der Waals surface area contributed by atoms with Gasteiger partial charge in [0.2, 0.25) is 0 Å². The lowest BCUT2D eigenvalue weighted by molar-refractivity contribution is 0.0660. The monoisotopic (exact) mass is 415 g/mol. The van der Waals surface area contributed by atoms with Gasteiger partial charge in [0.25, 0.3) is 0 Å². The van der Waals surface area contributed by atoms with E-state index < -0.39 is 11.7 Å². The second-order valence-electron chi connectivity index (χ2n) is 10.9. The Morgan fingerprint density at radius 3 is 2.73 bits per heavy atom. The zero-order valence-corrected chi connectivity index (χ0v) is 19.2. The van der Waals surface area contributed by atoms with Crippen molar-refractivity contribution in [3.63, 3.8) is 0 Å². The van der Waals surface area contributed by atoms with Crippen molar-refractivity contribution in [1.82, 2.24) is 0 Å². The minimum Gasteiger partial charge on any atom is -0.390 e. The average molecular weight is 416 g/mol. The molecule has 2 unspecified atom stereocenters. The minimum atomic E-state index is -0.650. The zero-order chi connectivity index (χ0) is 21.9. The lowest BCUT2D eigenvalue weighted by atomic mass is 9.62. The number of allylic oxidation sites excluding steroid dienone is 3. The molecule has 0 radical (unpaired) electrons. The molecule has 4 nitrogen and oxygen atoms in total. The largest absolute Gasteiger partial charge is 0.390 e. The maximum absolute atomic E-state index is 11.0. The van der Waals surface area contributed by atoms with Crippen molar-refractivity contribution in [2.75, 3.05) is 0 Å². The molecule has 0 heterocycles. The van der Waals surface area contributed by atoms with Crippen LogP contribution in [-0.2, 0) is 0 Å². The molecular weight excluding hydrogens is 374 g/mol. The Bertz CT molecular complexity index is 702. The van der Waals surface area contributed by atoms with Gasteiger partial charge >= 0.3 is 0 Å². The quantitative estimate of drug-likeness (QED) is 0.382. The first-order valence-electron chi connectivity index (χ1n) is 12.0. The van der Waals surface area contributed by atoms with Crippen molar-refractivity contribution in [3.05, 3.63) is 40.4 Å². The predicted molar refractivity (Wildman–Crippen MR) is 123 cm³/mol. The fourth-order valence-corrected chi connectivity index (χ4v) is 6.31. The number of fused-ring (bicyclic) bond motifs is 1. The minimum absolute atomic E-state index is 0.341. The van der Waals surface area contributed by atoms with E-state index in [0.717, 1.165) is 36.3 Å². The number of aliphatic hydroxyl groups excluding tert-OH is 1. The third kappa shape index (κ3) is 5.31. The van der Waals surface area contributed by atoms with Gasteiger partial charge in [0.15, 0.2) is 0 Å². The molecule has 3 fully saturated rings. The highest BCUT2D eigenvalue weighted by Gasteiger charge is 2.48. The molecule has 5 atom stereocenters. The van der Waals surface area contributed by atoms with E-state index in [1.165, 1.54) is 38.5 Å². The topological polar surface area (TPSA) is 69.9 Å². The van der Waals surface area contributed by atoms with Crippen molar-refractivity contribution in [1.29, 1.82) is 0 Å². The lowest BCUT2D eigenvalue weighted by Gasteiger charge is -2.42. The van der Waals surface area contributed by atoms with Crippen LogP contribution in [0.15, 0.2) is 40.6 Å². The molecule has 3 aliphatic carbocycles. The molecule has 168 valence electrons. The van der Waals surface area contributed by atoms with Crippen LogP contribution in [0.3, 0.4) is 0 Å². The van der Waals surface area contributed by atoms with E-state index in [9.17, 15) is 15.1 Å². The Morgan fingerprint density at radius 2 is 2.03 bits per heavy atom. The Kier molecular flexibility index (Phi) is 7.40. The lowest BCUT2D eigenvalue weighted by Crippen LogP contribution is -2.33. The molecule has 0 aromatic heterocycles. The van der Waals surface area contributed by atoms with Crippen LogP contribution in [0.2, 0.25) is 0 Å². The summed E-state index contributed by atoms with van der Waals surface area (Å²) in [7, 11) is 0. The fourth-order valence-electron chi connectivity index (χ4n) is 6.31. The fraction of sp³-hybridized carbons (Fsp3) is 0.769. The van der Waals surface area contributed by atoms with Crippen LogP contribution < -0.4 is 0 Å². The summed E-state index contributed by atoms with van der Waals surface area (Å²) in [6.45, 7) is 10.4. The summed E-state index contributed by atoms with van der Waals surface area (Å²) < 4.78 is 0. The van der Waals surface area contributed by atoms with Crippen LogP contribution in [0.5, 0.6) is 0 Å². The van der Waals surface area contributed by atoms with Gasteiger partial charge in [-0.25, -0.2) is 0 Å². The number of unbranched alkanes of at least 4 members (excludes halogenated alkanes) is 1. The highest BCUT2D eigenvalue weighted by molar-refractivity contribution is 5.39. The summed E-state index contributed by atoms with van der Waals surface area (Å²) in [5.41, 5.74) is 3.11. The summed E-state index contributed by atoms with van der Waals surface area (Å²) >= 11 is 0. The first-order chi connectivity index (χ1) is 14.1. The van der Waals surface area contributed by atoms with Gasteiger partial charge in [-0.2, -0.15) is 4.91 Å². The number of hydrogen-bond acceptors (Lipinski definition) is 4. The molecule has 0 aromatic rings. The van der Waals surface area contributed by atoms with Gasteiger partial charge < -0.3 is 10.2 Å². The second kappa shape index (κ2) is 9.48. The number of nitroso groups, excluding NO2 is 1. The van der Waals surface area contributed by atoms with Crippen LogP contribution >= 0.6 is 0 Å². The second-order valence-corrected chi connectivity index (χ2v) is 10.9. The van der Waals surface area contributed by atoms with E-state index in [-0.39, 0.29) is 6.04 Å². The van der Waals surface area contributed by atoms with Gasteiger partial charge in [-0.15, -0.1) is 0 Å². The predicted octanol–water partition coefficient (Wildman–Crippen LogP) is 6.23. The molecule has 0 amide bonds. The van der Waals surface area contributed by atoms with Gasteiger partial charge in [0.05, 0.1) is 17.7 Å². The van der Waals surface area contributed by atoms with Crippen LogP contribution in [0, 0.1) is 22.2 Å². The average Bonchev–Trinajstić information content (AvgIpc) is 3.02. The summed E-state index contributed by atoms with van der Waals surface area (Å²) in [6, 6.07) is -0.341. The van der Waals surface area contributed by atoms with Gasteiger partial charge in [-0.05, 0) is 93.6 Å². The van der Waals surface area contributed by atoms with Crippen molar-refractivity contribution < 1.29 is 10.2 Å². The molecule has 0 spiro atoms. The van der Waals surface area contributed by atoms with Crippen molar-refractivity contribution in [3.8, 4) is 0 Å². The van der Waals surface area contributed by atoms with Gasteiger partial charge in [-0.3, -0.25) is 0 Å². The maximum Gasteiger partial charge on any atom is 0.0987 e. The van der Waals surface area contributed by atoms with Crippen LogP contribution in [0.1, 0.15) is 91.4 Å². The van der Waals surface area contributed by atoms with Crippen molar-refractivity contribution in [2.24, 2.45) is 22.4 Å². The molecule has 3 saturated carbocycles. The van der Waals surface area contributed by atoms with Gasteiger partial charge in [0, 0.05) is 6.42 Å². The highest BCUT2D eigenvalue weighted by atomic mass is 16.3. The number of aliphatic hydroxyl groups is 2. The first kappa shape index (κ1) is 23.4. The smallest absolute Gasteiger partial charge is 0.0987 e. The molecule has 0 saturated heterocycles.